The molecule has 1 heterocycles. The van der Waals surface area contributed by atoms with Gasteiger partial charge in [-0.1, -0.05) is 25.1 Å². The molecule has 1 aliphatic heterocycles. The fourth-order valence-electron chi connectivity index (χ4n) is 2.92. The summed E-state index contributed by atoms with van der Waals surface area (Å²) in [5.74, 6) is 0.450. The summed E-state index contributed by atoms with van der Waals surface area (Å²) in [5.41, 5.74) is 4.72. The van der Waals surface area contributed by atoms with Crippen molar-refractivity contribution in [1.82, 2.24) is 5.43 Å². The first kappa shape index (κ1) is 18.5. The maximum absolute atomic E-state index is 12.7. The number of anilines is 1. The summed E-state index contributed by atoms with van der Waals surface area (Å²) in [4.78, 5) is 25.1. The summed E-state index contributed by atoms with van der Waals surface area (Å²) in [5, 5.41) is 1.24. The van der Waals surface area contributed by atoms with Crippen molar-refractivity contribution in [2.75, 3.05) is 18.7 Å². The van der Waals surface area contributed by atoms with Gasteiger partial charge in [-0.15, -0.1) is 0 Å². The Hall–Kier alpha value is -3.28. The standard InChI is InChI=1S/C21H22N2O4/c1-4-12-27-18-11-10-15(19(26-3)14(18)2)13-17-20(24)22-23(21(17)25)16-8-6-5-7-9-16/h5-11,13H,4,12H2,1-3H3,(H,22,24). The molecule has 0 aromatic heterocycles. The predicted octanol–water partition coefficient (Wildman–Crippen LogP) is 3.25. The lowest BCUT2D eigenvalue weighted by atomic mass is 10.0. The van der Waals surface area contributed by atoms with Crippen molar-refractivity contribution in [3.8, 4) is 11.5 Å². The van der Waals surface area contributed by atoms with Crippen LogP contribution in [-0.4, -0.2) is 25.5 Å². The SMILES string of the molecule is CCCOc1ccc(C=C2C(=O)NN(c3ccccc3)C2=O)c(OC)c1C. The van der Waals surface area contributed by atoms with Gasteiger partial charge in [0.25, 0.3) is 11.8 Å². The van der Waals surface area contributed by atoms with E-state index in [1.165, 1.54) is 5.01 Å². The third-order valence-corrected chi connectivity index (χ3v) is 4.26. The van der Waals surface area contributed by atoms with Crippen LogP contribution in [0.25, 0.3) is 6.08 Å². The summed E-state index contributed by atoms with van der Waals surface area (Å²) in [6.07, 6.45) is 2.45. The van der Waals surface area contributed by atoms with Crippen molar-refractivity contribution in [1.29, 1.82) is 0 Å². The van der Waals surface area contributed by atoms with E-state index in [0.29, 0.717) is 23.6 Å². The van der Waals surface area contributed by atoms with Gasteiger partial charge in [-0.2, -0.15) is 0 Å². The van der Waals surface area contributed by atoms with Gasteiger partial charge in [-0.05, 0) is 43.7 Å². The average Bonchev–Trinajstić information content (AvgIpc) is 2.96. The van der Waals surface area contributed by atoms with Crippen LogP contribution in [0.1, 0.15) is 24.5 Å². The van der Waals surface area contributed by atoms with E-state index < -0.39 is 11.8 Å². The van der Waals surface area contributed by atoms with Gasteiger partial charge in [0, 0.05) is 11.1 Å². The number of nitrogens with one attached hydrogen (secondary N) is 1. The molecule has 1 saturated heterocycles. The highest BCUT2D eigenvalue weighted by Crippen LogP contribution is 2.33. The largest absolute Gasteiger partial charge is 0.496 e. The van der Waals surface area contributed by atoms with Crippen LogP contribution < -0.4 is 19.9 Å². The van der Waals surface area contributed by atoms with E-state index in [1.54, 1.807) is 43.5 Å². The highest BCUT2D eigenvalue weighted by atomic mass is 16.5. The molecule has 2 aromatic rings. The topological polar surface area (TPSA) is 67.9 Å². The molecule has 1 fully saturated rings. The highest BCUT2D eigenvalue weighted by Gasteiger charge is 2.34. The van der Waals surface area contributed by atoms with Gasteiger partial charge in [0.2, 0.25) is 0 Å². The lowest BCUT2D eigenvalue weighted by Gasteiger charge is -2.14. The Morgan fingerprint density at radius 3 is 2.52 bits per heavy atom. The van der Waals surface area contributed by atoms with Crippen molar-refractivity contribution >= 4 is 23.6 Å². The molecule has 6 nitrogen and oxygen atoms in total. The van der Waals surface area contributed by atoms with Crippen molar-refractivity contribution in [2.45, 2.75) is 20.3 Å². The summed E-state index contributed by atoms with van der Waals surface area (Å²) in [7, 11) is 1.56. The van der Waals surface area contributed by atoms with E-state index in [4.69, 9.17) is 9.47 Å². The monoisotopic (exact) mass is 366 g/mol. The Kier molecular flexibility index (Phi) is 5.45. The first-order valence-electron chi connectivity index (χ1n) is 8.79. The number of nitrogens with zero attached hydrogens (tertiary/aromatic N) is 1. The maximum atomic E-state index is 12.7. The Balaban J connectivity index is 1.95. The first-order valence-corrected chi connectivity index (χ1v) is 8.79. The summed E-state index contributed by atoms with van der Waals surface area (Å²) >= 11 is 0. The van der Waals surface area contributed by atoms with Crippen LogP contribution >= 0.6 is 0 Å². The Morgan fingerprint density at radius 2 is 1.85 bits per heavy atom. The van der Waals surface area contributed by atoms with E-state index in [2.05, 4.69) is 5.43 Å². The normalized spacial score (nSPS) is 15.2. The van der Waals surface area contributed by atoms with Crippen LogP contribution in [0.15, 0.2) is 48.0 Å². The number of benzene rings is 2. The van der Waals surface area contributed by atoms with Crippen LogP contribution in [0.5, 0.6) is 11.5 Å². The fourth-order valence-corrected chi connectivity index (χ4v) is 2.92. The van der Waals surface area contributed by atoms with Crippen LogP contribution in [0.2, 0.25) is 0 Å². The molecule has 140 valence electrons. The molecule has 1 aliphatic rings. The number of rotatable bonds is 6. The average molecular weight is 366 g/mol. The molecule has 1 N–H and O–H groups in total. The molecular weight excluding hydrogens is 344 g/mol. The number of hydrogen-bond donors (Lipinski definition) is 1. The molecule has 0 saturated carbocycles. The van der Waals surface area contributed by atoms with Crippen LogP contribution in [-0.2, 0) is 9.59 Å². The molecule has 6 heteroatoms. The second-order valence-electron chi connectivity index (χ2n) is 6.13. The number of carbonyl (C=O) groups excluding carboxylic acids is 2. The molecule has 27 heavy (non-hydrogen) atoms. The van der Waals surface area contributed by atoms with Crippen molar-refractivity contribution < 1.29 is 19.1 Å². The number of methoxy groups -OCH3 is 1. The Bertz CT molecular complexity index is 891. The number of carbonyl (C=O) groups is 2. The molecule has 0 spiro atoms. The molecule has 2 amide bonds. The third-order valence-electron chi connectivity index (χ3n) is 4.26. The number of hydrazine groups is 1. The summed E-state index contributed by atoms with van der Waals surface area (Å²) < 4.78 is 11.2. The van der Waals surface area contributed by atoms with Crippen molar-refractivity contribution in [3.05, 3.63) is 59.2 Å². The zero-order valence-electron chi connectivity index (χ0n) is 15.6. The Morgan fingerprint density at radius 1 is 1.11 bits per heavy atom. The van der Waals surface area contributed by atoms with Crippen molar-refractivity contribution in [3.63, 3.8) is 0 Å². The molecule has 0 radical (unpaired) electrons. The van der Waals surface area contributed by atoms with E-state index in [0.717, 1.165) is 17.7 Å². The second-order valence-corrected chi connectivity index (χ2v) is 6.13. The van der Waals surface area contributed by atoms with Gasteiger partial charge in [0.15, 0.2) is 0 Å². The van der Waals surface area contributed by atoms with Crippen LogP contribution in [0, 0.1) is 6.92 Å². The molecular formula is C21H22N2O4. The van der Waals surface area contributed by atoms with E-state index in [1.807, 2.05) is 26.0 Å². The molecule has 2 aromatic carbocycles. The zero-order chi connectivity index (χ0) is 19.4. The molecule has 0 atom stereocenters. The minimum Gasteiger partial charge on any atom is -0.496 e. The number of para-hydroxylation sites is 1. The maximum Gasteiger partial charge on any atom is 0.282 e. The number of hydrogen-bond acceptors (Lipinski definition) is 4. The summed E-state index contributed by atoms with van der Waals surface area (Å²) in [6.45, 7) is 4.53. The van der Waals surface area contributed by atoms with E-state index in [9.17, 15) is 9.59 Å². The molecule has 3 rings (SSSR count). The first-order chi connectivity index (χ1) is 13.1. The number of ether oxygens (including phenoxy) is 2. The number of amides is 2. The smallest absolute Gasteiger partial charge is 0.282 e. The minimum atomic E-state index is -0.449. The van der Waals surface area contributed by atoms with Gasteiger partial charge < -0.3 is 9.47 Å². The van der Waals surface area contributed by atoms with Gasteiger partial charge in [0.05, 0.1) is 19.4 Å². The zero-order valence-corrected chi connectivity index (χ0v) is 15.6. The molecule has 0 bridgehead atoms. The quantitative estimate of drug-likeness (QED) is 0.629. The summed E-state index contributed by atoms with van der Waals surface area (Å²) in [6, 6.07) is 12.6. The third kappa shape index (κ3) is 3.65. The second kappa shape index (κ2) is 7.95. The van der Waals surface area contributed by atoms with Gasteiger partial charge in [-0.25, -0.2) is 5.01 Å². The lowest BCUT2D eigenvalue weighted by Crippen LogP contribution is -2.35. The highest BCUT2D eigenvalue weighted by molar-refractivity contribution is 6.31. The Labute approximate surface area is 158 Å². The van der Waals surface area contributed by atoms with E-state index >= 15 is 0 Å². The predicted molar refractivity (Wildman–Crippen MR) is 104 cm³/mol. The molecule has 0 aliphatic carbocycles. The van der Waals surface area contributed by atoms with E-state index in [-0.39, 0.29) is 5.57 Å². The molecule has 0 unspecified atom stereocenters. The minimum absolute atomic E-state index is 0.0544. The fraction of sp³-hybridized carbons (Fsp3) is 0.238. The van der Waals surface area contributed by atoms with Crippen molar-refractivity contribution in [2.24, 2.45) is 0 Å². The van der Waals surface area contributed by atoms with Crippen LogP contribution in [0.3, 0.4) is 0 Å². The van der Waals surface area contributed by atoms with Gasteiger partial charge in [-0.3, -0.25) is 15.0 Å². The lowest BCUT2D eigenvalue weighted by molar-refractivity contribution is -0.117. The van der Waals surface area contributed by atoms with Gasteiger partial charge >= 0.3 is 0 Å². The van der Waals surface area contributed by atoms with Crippen LogP contribution in [0.4, 0.5) is 5.69 Å². The van der Waals surface area contributed by atoms with Gasteiger partial charge in [0.1, 0.15) is 17.1 Å².